The van der Waals surface area contributed by atoms with Gasteiger partial charge in [-0.25, -0.2) is 9.97 Å². The lowest BCUT2D eigenvalue weighted by molar-refractivity contribution is -0.133. The smallest absolute Gasteiger partial charge is 0.223 e. The summed E-state index contributed by atoms with van der Waals surface area (Å²) in [5.74, 6) is 1.43. The van der Waals surface area contributed by atoms with E-state index in [9.17, 15) is 4.79 Å². The summed E-state index contributed by atoms with van der Waals surface area (Å²) in [4.78, 5) is 25.6. The molecule has 7 nitrogen and oxygen atoms in total. The van der Waals surface area contributed by atoms with Gasteiger partial charge in [-0.2, -0.15) is 5.26 Å². The number of hydrogen-bond acceptors (Lipinski definition) is 6. The highest BCUT2D eigenvalue weighted by Crippen LogP contribution is 2.33. The van der Waals surface area contributed by atoms with Crippen molar-refractivity contribution in [3.63, 3.8) is 0 Å². The Morgan fingerprint density at radius 2 is 2.07 bits per heavy atom. The molecule has 144 valence electrons. The van der Waals surface area contributed by atoms with Crippen molar-refractivity contribution in [3.05, 3.63) is 46.4 Å². The zero-order valence-electron chi connectivity index (χ0n) is 16.5. The molecule has 7 heteroatoms. The molecule has 2 aliphatic rings. The number of hydrogen-bond donors (Lipinski definition) is 1. The minimum Gasteiger partial charge on any atom is -0.373 e. The Kier molecular flexibility index (Phi) is 4.63. The van der Waals surface area contributed by atoms with Crippen LogP contribution in [-0.4, -0.2) is 40.9 Å². The van der Waals surface area contributed by atoms with Gasteiger partial charge < -0.3 is 15.1 Å². The minimum atomic E-state index is 0.201. The van der Waals surface area contributed by atoms with Gasteiger partial charge in [0.25, 0.3) is 0 Å². The van der Waals surface area contributed by atoms with Gasteiger partial charge in [-0.1, -0.05) is 0 Å². The summed E-state index contributed by atoms with van der Waals surface area (Å²) in [5, 5.41) is 12.2. The molecule has 2 aliphatic heterocycles. The van der Waals surface area contributed by atoms with Gasteiger partial charge in [0.15, 0.2) is 0 Å². The van der Waals surface area contributed by atoms with Crippen LogP contribution in [0.1, 0.15) is 34.5 Å². The van der Waals surface area contributed by atoms with Crippen molar-refractivity contribution < 1.29 is 4.79 Å². The number of pyridine rings is 2. The molecule has 2 aromatic heterocycles. The Balaban J connectivity index is 1.37. The molecule has 1 fully saturated rings. The van der Waals surface area contributed by atoms with Crippen LogP contribution < -0.4 is 10.2 Å². The maximum atomic E-state index is 12.9. The number of nitrogens with zero attached hydrogens (tertiary/aromatic N) is 5. The number of rotatable bonds is 4. The molecular formula is C21H24N6O. The first-order valence-electron chi connectivity index (χ1n) is 9.55. The third-order valence-electron chi connectivity index (χ3n) is 5.86. The van der Waals surface area contributed by atoms with E-state index in [1.54, 1.807) is 12.3 Å². The molecule has 0 radical (unpaired) electrons. The number of carbonyl (C=O) groups is 1. The Labute approximate surface area is 165 Å². The Bertz CT molecular complexity index is 974. The van der Waals surface area contributed by atoms with Crippen LogP contribution in [0.4, 0.5) is 11.5 Å². The summed E-state index contributed by atoms with van der Waals surface area (Å²) in [6, 6.07) is 5.78. The van der Waals surface area contributed by atoms with Crippen molar-refractivity contribution in [2.45, 2.75) is 33.4 Å². The lowest BCUT2D eigenvalue weighted by Crippen LogP contribution is -2.48. The summed E-state index contributed by atoms with van der Waals surface area (Å²) in [7, 11) is 1.88. The minimum absolute atomic E-state index is 0.201. The molecule has 4 rings (SSSR count). The highest BCUT2D eigenvalue weighted by molar-refractivity contribution is 5.78. The number of nitriles is 1. The van der Waals surface area contributed by atoms with E-state index in [-0.39, 0.29) is 5.91 Å². The van der Waals surface area contributed by atoms with Crippen LogP contribution >= 0.6 is 0 Å². The van der Waals surface area contributed by atoms with Crippen LogP contribution in [0.25, 0.3) is 0 Å². The largest absolute Gasteiger partial charge is 0.373 e. The summed E-state index contributed by atoms with van der Waals surface area (Å²) in [6.07, 6.45) is 2.21. The van der Waals surface area contributed by atoms with Crippen LogP contribution in [0.2, 0.25) is 0 Å². The molecule has 0 unspecified atom stereocenters. The first kappa shape index (κ1) is 18.2. The standard InChI is InChI=1S/C21H24N6O/c1-13-14(2)25-21(23-3)19-12-27(11-18(13)19)20(28)6-15-9-26(10-15)17-4-5-24-16(7-17)8-22/h4-5,7,15H,6,9-12H2,1-3H3,(H,23,25). The van der Waals surface area contributed by atoms with Crippen LogP contribution in [0.15, 0.2) is 18.3 Å². The Hall–Kier alpha value is -3.14. The van der Waals surface area contributed by atoms with Gasteiger partial charge in [0.1, 0.15) is 17.6 Å². The van der Waals surface area contributed by atoms with E-state index in [1.165, 1.54) is 11.1 Å². The van der Waals surface area contributed by atoms with Crippen molar-refractivity contribution in [1.82, 2.24) is 14.9 Å². The fraction of sp³-hybridized carbons (Fsp3) is 0.429. The second-order valence-corrected chi connectivity index (χ2v) is 7.61. The van der Waals surface area contributed by atoms with E-state index in [1.807, 2.05) is 24.9 Å². The first-order chi connectivity index (χ1) is 13.5. The number of nitrogens with one attached hydrogen (secondary N) is 1. The molecule has 4 heterocycles. The SMILES string of the molecule is CNc1nc(C)c(C)c2c1CN(C(=O)CC1CN(c3ccnc(C#N)c3)C1)C2. The molecule has 0 aromatic carbocycles. The predicted molar refractivity (Wildman–Crippen MR) is 107 cm³/mol. The van der Waals surface area contributed by atoms with Crippen molar-refractivity contribution in [3.8, 4) is 6.07 Å². The van der Waals surface area contributed by atoms with Gasteiger partial charge in [-0.05, 0) is 37.1 Å². The number of fused-ring (bicyclic) bond motifs is 1. The second kappa shape index (κ2) is 7.12. The van der Waals surface area contributed by atoms with E-state index < -0.39 is 0 Å². The van der Waals surface area contributed by atoms with Crippen molar-refractivity contribution in [2.75, 3.05) is 30.4 Å². The maximum absolute atomic E-state index is 12.9. The first-order valence-corrected chi connectivity index (χ1v) is 9.55. The van der Waals surface area contributed by atoms with Crippen molar-refractivity contribution in [1.29, 1.82) is 5.26 Å². The maximum Gasteiger partial charge on any atom is 0.223 e. The predicted octanol–water partition coefficient (Wildman–Crippen LogP) is 2.38. The average molecular weight is 376 g/mol. The molecule has 0 saturated carbocycles. The number of carbonyl (C=O) groups excluding carboxylic acids is 1. The lowest BCUT2D eigenvalue weighted by atomic mass is 9.95. The monoisotopic (exact) mass is 376 g/mol. The van der Waals surface area contributed by atoms with Crippen molar-refractivity contribution in [2.24, 2.45) is 5.92 Å². The molecule has 1 N–H and O–H groups in total. The van der Waals surface area contributed by atoms with Gasteiger partial charge >= 0.3 is 0 Å². The van der Waals surface area contributed by atoms with Crippen LogP contribution in [-0.2, 0) is 17.9 Å². The summed E-state index contributed by atoms with van der Waals surface area (Å²) in [5.41, 5.74) is 6.01. The fourth-order valence-electron chi connectivity index (χ4n) is 4.07. The van der Waals surface area contributed by atoms with E-state index in [0.717, 1.165) is 35.9 Å². The van der Waals surface area contributed by atoms with Gasteiger partial charge in [0, 0.05) is 68.7 Å². The molecule has 0 atom stereocenters. The zero-order chi connectivity index (χ0) is 19.8. The van der Waals surface area contributed by atoms with E-state index in [0.29, 0.717) is 31.1 Å². The van der Waals surface area contributed by atoms with E-state index >= 15 is 0 Å². The molecule has 0 aliphatic carbocycles. The van der Waals surface area contributed by atoms with Crippen LogP contribution in [0.5, 0.6) is 0 Å². The second-order valence-electron chi connectivity index (χ2n) is 7.61. The van der Waals surface area contributed by atoms with Crippen LogP contribution in [0, 0.1) is 31.1 Å². The third-order valence-corrected chi connectivity index (χ3v) is 5.86. The summed E-state index contributed by atoms with van der Waals surface area (Å²) < 4.78 is 0. The third kappa shape index (κ3) is 3.15. The highest BCUT2D eigenvalue weighted by Gasteiger charge is 2.33. The molecule has 1 amide bonds. The molecule has 0 bridgehead atoms. The number of aromatic nitrogens is 2. The van der Waals surface area contributed by atoms with Gasteiger partial charge in [0.2, 0.25) is 5.91 Å². The highest BCUT2D eigenvalue weighted by atomic mass is 16.2. The average Bonchev–Trinajstić information content (AvgIpc) is 3.13. The van der Waals surface area contributed by atoms with E-state index in [4.69, 9.17) is 5.26 Å². The topological polar surface area (TPSA) is 85.2 Å². The Morgan fingerprint density at radius 3 is 2.79 bits per heavy atom. The number of anilines is 2. The number of aryl methyl sites for hydroxylation is 1. The lowest BCUT2D eigenvalue weighted by Gasteiger charge is -2.41. The van der Waals surface area contributed by atoms with Gasteiger partial charge in [0.05, 0.1) is 0 Å². The summed E-state index contributed by atoms with van der Waals surface area (Å²) in [6.45, 7) is 7.07. The quantitative estimate of drug-likeness (QED) is 0.882. The number of amides is 1. The normalized spacial score (nSPS) is 15.8. The molecule has 1 saturated heterocycles. The fourth-order valence-corrected chi connectivity index (χ4v) is 4.07. The zero-order valence-corrected chi connectivity index (χ0v) is 16.5. The Morgan fingerprint density at radius 1 is 1.32 bits per heavy atom. The molecule has 0 spiro atoms. The molecule has 2 aromatic rings. The van der Waals surface area contributed by atoms with E-state index in [2.05, 4.69) is 33.2 Å². The van der Waals surface area contributed by atoms with Crippen LogP contribution in [0.3, 0.4) is 0 Å². The molecular weight excluding hydrogens is 352 g/mol. The van der Waals surface area contributed by atoms with Crippen molar-refractivity contribution >= 4 is 17.4 Å². The summed E-state index contributed by atoms with van der Waals surface area (Å²) >= 11 is 0. The molecule has 28 heavy (non-hydrogen) atoms. The van der Waals surface area contributed by atoms with Gasteiger partial charge in [-0.15, -0.1) is 0 Å². The van der Waals surface area contributed by atoms with Gasteiger partial charge in [-0.3, -0.25) is 4.79 Å².